The predicted octanol–water partition coefficient (Wildman–Crippen LogP) is 3.66. The van der Waals surface area contributed by atoms with Gasteiger partial charge in [0.05, 0.1) is 12.8 Å². The lowest BCUT2D eigenvalue weighted by Crippen LogP contribution is -2.24. The van der Waals surface area contributed by atoms with Gasteiger partial charge in [-0.05, 0) is 42.8 Å². The van der Waals surface area contributed by atoms with Gasteiger partial charge in [0.25, 0.3) is 5.91 Å². The zero-order valence-electron chi connectivity index (χ0n) is 13.4. The molecule has 126 valence electrons. The highest BCUT2D eigenvalue weighted by atomic mass is 35.5. The smallest absolute Gasteiger partial charge is 0.277 e. The lowest BCUT2D eigenvalue weighted by Gasteiger charge is -2.07. The van der Waals surface area contributed by atoms with Gasteiger partial charge in [0.1, 0.15) is 11.5 Å². The molecule has 6 heteroatoms. The van der Waals surface area contributed by atoms with Crippen LogP contribution in [-0.2, 0) is 4.79 Å². The van der Waals surface area contributed by atoms with E-state index in [0.717, 1.165) is 17.7 Å². The molecule has 0 saturated carbocycles. The number of benzene rings is 2. The predicted molar refractivity (Wildman–Crippen MR) is 94.9 cm³/mol. The Kier molecular flexibility index (Phi) is 7.11. The van der Waals surface area contributed by atoms with Crippen LogP contribution >= 0.6 is 11.6 Å². The molecule has 0 bridgehead atoms. The van der Waals surface area contributed by atoms with E-state index in [1.54, 1.807) is 30.5 Å². The van der Waals surface area contributed by atoms with Gasteiger partial charge in [-0.15, -0.1) is 0 Å². The number of hydrogen-bond donors (Lipinski definition) is 1. The van der Waals surface area contributed by atoms with Crippen LogP contribution in [0.2, 0.25) is 5.02 Å². The molecule has 1 amide bonds. The fourth-order valence-electron chi connectivity index (χ4n) is 1.82. The Bertz CT molecular complexity index is 687. The molecule has 2 aromatic carbocycles. The number of hydrogen-bond acceptors (Lipinski definition) is 4. The number of halogens is 1. The second-order valence-corrected chi connectivity index (χ2v) is 5.36. The van der Waals surface area contributed by atoms with Crippen molar-refractivity contribution in [2.45, 2.75) is 13.3 Å². The molecule has 0 fully saturated rings. The van der Waals surface area contributed by atoms with Gasteiger partial charge in [-0.3, -0.25) is 4.79 Å². The third-order valence-corrected chi connectivity index (χ3v) is 3.21. The van der Waals surface area contributed by atoms with Crippen LogP contribution in [0.5, 0.6) is 11.5 Å². The van der Waals surface area contributed by atoms with E-state index in [-0.39, 0.29) is 12.5 Å². The molecule has 0 radical (unpaired) electrons. The molecular weight excluding hydrogens is 328 g/mol. The SMILES string of the molecule is CCCOc1ccccc1/C=N/NC(=O)COc1ccc(Cl)cc1. The Balaban J connectivity index is 1.82. The van der Waals surface area contributed by atoms with Crippen LogP contribution in [0.1, 0.15) is 18.9 Å². The van der Waals surface area contributed by atoms with E-state index in [9.17, 15) is 4.79 Å². The standard InChI is InChI=1S/C18H19ClN2O3/c1-2-11-23-17-6-4-3-5-14(17)12-20-21-18(22)13-24-16-9-7-15(19)8-10-16/h3-10,12H,2,11,13H2,1H3,(H,21,22)/b20-12+. The first-order valence-corrected chi connectivity index (χ1v) is 7.99. The Morgan fingerprint density at radius 2 is 1.92 bits per heavy atom. The van der Waals surface area contributed by atoms with Gasteiger partial charge in [-0.25, -0.2) is 5.43 Å². The number of rotatable bonds is 8. The third-order valence-electron chi connectivity index (χ3n) is 2.96. The normalized spacial score (nSPS) is 10.6. The van der Waals surface area contributed by atoms with E-state index in [1.165, 1.54) is 0 Å². The van der Waals surface area contributed by atoms with Crippen molar-refractivity contribution >= 4 is 23.7 Å². The summed E-state index contributed by atoms with van der Waals surface area (Å²) in [5, 5.41) is 4.54. The maximum atomic E-state index is 11.7. The first-order chi connectivity index (χ1) is 11.7. The monoisotopic (exact) mass is 346 g/mol. The van der Waals surface area contributed by atoms with Crippen molar-refractivity contribution in [2.24, 2.45) is 5.10 Å². The minimum absolute atomic E-state index is 0.132. The first-order valence-electron chi connectivity index (χ1n) is 7.61. The molecule has 0 saturated heterocycles. The molecule has 0 aliphatic rings. The summed E-state index contributed by atoms with van der Waals surface area (Å²) in [4.78, 5) is 11.7. The molecule has 0 unspecified atom stereocenters. The van der Waals surface area contributed by atoms with Crippen molar-refractivity contribution in [3.8, 4) is 11.5 Å². The first kappa shape index (κ1) is 17.8. The van der Waals surface area contributed by atoms with Gasteiger partial charge in [0.15, 0.2) is 6.61 Å². The van der Waals surface area contributed by atoms with Gasteiger partial charge < -0.3 is 9.47 Å². The molecule has 24 heavy (non-hydrogen) atoms. The molecule has 0 heterocycles. The average Bonchev–Trinajstić information content (AvgIpc) is 2.60. The minimum Gasteiger partial charge on any atom is -0.493 e. The topological polar surface area (TPSA) is 59.9 Å². The molecule has 0 aliphatic heterocycles. The molecule has 1 N–H and O–H groups in total. The Morgan fingerprint density at radius 3 is 2.67 bits per heavy atom. The molecule has 0 spiro atoms. The number of nitrogens with one attached hydrogen (secondary N) is 1. The number of hydrazone groups is 1. The lowest BCUT2D eigenvalue weighted by molar-refractivity contribution is -0.123. The van der Waals surface area contributed by atoms with E-state index in [0.29, 0.717) is 17.4 Å². The van der Waals surface area contributed by atoms with Crippen molar-refractivity contribution in [3.63, 3.8) is 0 Å². The second-order valence-electron chi connectivity index (χ2n) is 4.92. The Hall–Kier alpha value is -2.53. The van der Waals surface area contributed by atoms with Crippen LogP contribution in [0.4, 0.5) is 0 Å². The van der Waals surface area contributed by atoms with Gasteiger partial charge in [0.2, 0.25) is 0 Å². The van der Waals surface area contributed by atoms with Crippen molar-refractivity contribution in [1.82, 2.24) is 5.43 Å². The number of carbonyl (C=O) groups excluding carboxylic acids is 1. The van der Waals surface area contributed by atoms with Crippen molar-refractivity contribution in [3.05, 3.63) is 59.1 Å². The van der Waals surface area contributed by atoms with Crippen molar-refractivity contribution in [2.75, 3.05) is 13.2 Å². The van der Waals surface area contributed by atoms with E-state index < -0.39 is 0 Å². The highest BCUT2D eigenvalue weighted by Crippen LogP contribution is 2.16. The summed E-state index contributed by atoms with van der Waals surface area (Å²) in [6.45, 7) is 2.54. The number of nitrogens with zero attached hydrogens (tertiary/aromatic N) is 1. The number of para-hydroxylation sites is 1. The van der Waals surface area contributed by atoms with Crippen LogP contribution < -0.4 is 14.9 Å². The van der Waals surface area contributed by atoms with Crippen LogP contribution in [-0.4, -0.2) is 25.3 Å². The van der Waals surface area contributed by atoms with Crippen molar-refractivity contribution in [1.29, 1.82) is 0 Å². The molecular formula is C18H19ClN2O3. The molecule has 0 atom stereocenters. The second kappa shape index (κ2) is 9.57. The molecule has 2 aromatic rings. The van der Waals surface area contributed by atoms with E-state index in [2.05, 4.69) is 10.5 Å². The molecule has 2 rings (SSSR count). The zero-order valence-corrected chi connectivity index (χ0v) is 14.1. The summed E-state index contributed by atoms with van der Waals surface area (Å²) < 4.78 is 11.0. The maximum Gasteiger partial charge on any atom is 0.277 e. The summed E-state index contributed by atoms with van der Waals surface area (Å²) in [5.41, 5.74) is 3.22. The molecule has 5 nitrogen and oxygen atoms in total. The molecule has 0 aromatic heterocycles. The van der Waals surface area contributed by atoms with Crippen LogP contribution in [0.25, 0.3) is 0 Å². The number of ether oxygens (including phenoxy) is 2. The van der Waals surface area contributed by atoms with Gasteiger partial charge >= 0.3 is 0 Å². The zero-order chi connectivity index (χ0) is 17.2. The minimum atomic E-state index is -0.354. The van der Waals surface area contributed by atoms with Crippen LogP contribution in [0.15, 0.2) is 53.6 Å². The number of carbonyl (C=O) groups is 1. The Labute approximate surface area is 146 Å². The highest BCUT2D eigenvalue weighted by molar-refractivity contribution is 6.30. The molecule has 0 aliphatic carbocycles. The van der Waals surface area contributed by atoms with Crippen LogP contribution in [0, 0.1) is 0 Å². The third kappa shape index (κ3) is 5.93. The summed E-state index contributed by atoms with van der Waals surface area (Å²) in [6.07, 6.45) is 2.47. The highest BCUT2D eigenvalue weighted by Gasteiger charge is 2.03. The summed E-state index contributed by atoms with van der Waals surface area (Å²) in [5.74, 6) is 0.944. The number of amides is 1. The van der Waals surface area contributed by atoms with E-state index >= 15 is 0 Å². The summed E-state index contributed by atoms with van der Waals surface area (Å²) in [7, 11) is 0. The fourth-order valence-corrected chi connectivity index (χ4v) is 1.94. The van der Waals surface area contributed by atoms with Gasteiger partial charge in [0, 0.05) is 10.6 Å². The van der Waals surface area contributed by atoms with E-state index in [1.807, 2.05) is 31.2 Å². The maximum absolute atomic E-state index is 11.7. The Morgan fingerprint density at radius 1 is 1.17 bits per heavy atom. The van der Waals surface area contributed by atoms with E-state index in [4.69, 9.17) is 21.1 Å². The largest absolute Gasteiger partial charge is 0.493 e. The average molecular weight is 347 g/mol. The summed E-state index contributed by atoms with van der Waals surface area (Å²) in [6, 6.07) is 14.3. The summed E-state index contributed by atoms with van der Waals surface area (Å²) >= 11 is 5.78. The van der Waals surface area contributed by atoms with Crippen LogP contribution in [0.3, 0.4) is 0 Å². The lowest BCUT2D eigenvalue weighted by atomic mass is 10.2. The van der Waals surface area contributed by atoms with Crippen molar-refractivity contribution < 1.29 is 14.3 Å². The fraction of sp³-hybridized carbons (Fsp3) is 0.222. The van der Waals surface area contributed by atoms with Gasteiger partial charge in [-0.1, -0.05) is 30.7 Å². The quantitative estimate of drug-likeness (QED) is 0.586. The van der Waals surface area contributed by atoms with Gasteiger partial charge in [-0.2, -0.15) is 5.10 Å².